The third kappa shape index (κ3) is 5.62. The monoisotopic (exact) mass is 555 g/mol. The van der Waals surface area contributed by atoms with Crippen molar-refractivity contribution in [3.8, 4) is 28.3 Å². The summed E-state index contributed by atoms with van der Waals surface area (Å²) in [5.74, 6) is -0.152. The molecule has 0 spiro atoms. The molecule has 2 aromatic carbocycles. The molecule has 3 heterocycles. The fraction of sp³-hybridized carbons (Fsp3) is 0.296. The molecule has 0 radical (unpaired) electrons. The lowest BCUT2D eigenvalue weighted by Crippen LogP contribution is -2.37. The number of halogens is 2. The Bertz CT molecular complexity index is 1610. The van der Waals surface area contributed by atoms with E-state index in [9.17, 15) is 12.8 Å². The van der Waals surface area contributed by atoms with E-state index in [1.165, 1.54) is 25.4 Å². The van der Waals surface area contributed by atoms with Crippen LogP contribution in [0.5, 0.6) is 5.75 Å². The van der Waals surface area contributed by atoms with E-state index in [2.05, 4.69) is 9.71 Å². The number of aromatic nitrogens is 3. The first kappa shape index (κ1) is 26.7. The maximum absolute atomic E-state index is 15.7. The minimum Gasteiger partial charge on any atom is -0.494 e. The second-order valence-corrected chi connectivity index (χ2v) is 10.8. The van der Waals surface area contributed by atoms with Crippen LogP contribution >= 0.6 is 0 Å². The number of pyridine rings is 1. The number of rotatable bonds is 8. The average molecular weight is 556 g/mol. The van der Waals surface area contributed by atoms with Crippen LogP contribution in [0.1, 0.15) is 13.3 Å². The minimum atomic E-state index is -3.69. The SMILES string of the molecule is CCCS(=O)(=O)Nc1cccc(-c2cc(OC)c3nc(-c4ccc(F)nc4)nc(N4CCOCC4)c3c2)c1F. The number of nitrogens with zero attached hydrogens (tertiary/aromatic N) is 4. The van der Waals surface area contributed by atoms with Gasteiger partial charge in [-0.1, -0.05) is 19.1 Å². The molecule has 0 bridgehead atoms. The molecule has 4 aromatic rings. The van der Waals surface area contributed by atoms with Crippen molar-refractivity contribution in [2.75, 3.05) is 48.8 Å². The van der Waals surface area contributed by atoms with Gasteiger partial charge in [0.05, 0.1) is 31.8 Å². The standard InChI is InChI=1S/C27H27F2N5O4S/c1-3-13-39(35,36)33-21-6-4-5-19(24(21)29)18-14-20-25(22(15-18)37-2)31-26(17-7-8-23(28)30-16-17)32-27(20)34-9-11-38-12-10-34/h4-8,14-16,33H,3,9-13H2,1-2H3. The first-order valence-corrected chi connectivity index (χ1v) is 14.1. The van der Waals surface area contributed by atoms with Gasteiger partial charge in [0.1, 0.15) is 17.1 Å². The van der Waals surface area contributed by atoms with Crippen molar-refractivity contribution in [3.05, 3.63) is 60.4 Å². The van der Waals surface area contributed by atoms with E-state index in [1.807, 2.05) is 4.90 Å². The lowest BCUT2D eigenvalue weighted by Gasteiger charge is -2.29. The molecule has 0 amide bonds. The largest absolute Gasteiger partial charge is 0.494 e. The van der Waals surface area contributed by atoms with Crippen LogP contribution in [0.15, 0.2) is 48.7 Å². The van der Waals surface area contributed by atoms with Crippen molar-refractivity contribution in [2.24, 2.45) is 0 Å². The topological polar surface area (TPSA) is 107 Å². The highest BCUT2D eigenvalue weighted by Gasteiger charge is 2.23. The summed E-state index contributed by atoms with van der Waals surface area (Å²) in [4.78, 5) is 15.3. The van der Waals surface area contributed by atoms with E-state index >= 15 is 4.39 Å². The van der Waals surface area contributed by atoms with Crippen LogP contribution in [-0.2, 0) is 14.8 Å². The molecule has 39 heavy (non-hydrogen) atoms. The molecule has 1 fully saturated rings. The Labute approximate surface area is 224 Å². The van der Waals surface area contributed by atoms with E-state index in [0.29, 0.717) is 72.1 Å². The zero-order valence-corrected chi connectivity index (χ0v) is 22.3. The van der Waals surface area contributed by atoms with Crippen LogP contribution in [0.3, 0.4) is 0 Å². The highest BCUT2D eigenvalue weighted by molar-refractivity contribution is 7.92. The fourth-order valence-electron chi connectivity index (χ4n) is 4.47. The molecule has 1 N–H and O–H groups in total. The van der Waals surface area contributed by atoms with Gasteiger partial charge in [0, 0.05) is 35.8 Å². The second kappa shape index (κ2) is 11.1. The van der Waals surface area contributed by atoms with Crippen molar-refractivity contribution in [1.29, 1.82) is 0 Å². The summed E-state index contributed by atoms with van der Waals surface area (Å²) < 4.78 is 67.3. The number of benzene rings is 2. The van der Waals surface area contributed by atoms with Crippen LogP contribution in [0.4, 0.5) is 20.3 Å². The summed E-state index contributed by atoms with van der Waals surface area (Å²) in [6, 6.07) is 10.7. The van der Waals surface area contributed by atoms with Crippen LogP contribution in [-0.4, -0.2) is 62.5 Å². The smallest absolute Gasteiger partial charge is 0.232 e. The molecule has 0 unspecified atom stereocenters. The van der Waals surface area contributed by atoms with Gasteiger partial charge in [-0.05, 0) is 42.3 Å². The number of hydrogen-bond donors (Lipinski definition) is 1. The number of methoxy groups -OCH3 is 1. The maximum atomic E-state index is 15.7. The zero-order valence-electron chi connectivity index (χ0n) is 21.4. The molecular formula is C27H27F2N5O4S. The quantitative estimate of drug-likeness (QED) is 0.314. The first-order valence-electron chi connectivity index (χ1n) is 12.4. The minimum absolute atomic E-state index is 0.118. The van der Waals surface area contributed by atoms with E-state index < -0.39 is 21.8 Å². The predicted molar refractivity (Wildman–Crippen MR) is 145 cm³/mol. The summed E-state index contributed by atoms with van der Waals surface area (Å²) >= 11 is 0. The summed E-state index contributed by atoms with van der Waals surface area (Å²) in [5, 5.41) is 0.612. The average Bonchev–Trinajstić information content (AvgIpc) is 2.93. The van der Waals surface area contributed by atoms with Crippen molar-refractivity contribution in [3.63, 3.8) is 0 Å². The number of sulfonamides is 1. The van der Waals surface area contributed by atoms with Crippen molar-refractivity contribution in [2.45, 2.75) is 13.3 Å². The maximum Gasteiger partial charge on any atom is 0.232 e. The highest BCUT2D eigenvalue weighted by Crippen LogP contribution is 2.39. The van der Waals surface area contributed by atoms with Gasteiger partial charge in [-0.2, -0.15) is 4.39 Å². The van der Waals surface area contributed by atoms with E-state index in [1.54, 1.807) is 37.3 Å². The Kier molecular flexibility index (Phi) is 7.58. The molecule has 1 saturated heterocycles. The number of anilines is 2. The van der Waals surface area contributed by atoms with Crippen molar-refractivity contribution in [1.82, 2.24) is 15.0 Å². The van der Waals surface area contributed by atoms with Crippen molar-refractivity contribution >= 4 is 32.4 Å². The molecule has 0 atom stereocenters. The molecule has 0 aliphatic carbocycles. The van der Waals surface area contributed by atoms with Gasteiger partial charge in [-0.25, -0.2) is 27.8 Å². The Morgan fingerprint density at radius 2 is 1.87 bits per heavy atom. The van der Waals surface area contributed by atoms with Crippen LogP contribution in [0, 0.1) is 11.8 Å². The summed E-state index contributed by atoms with van der Waals surface area (Å²) in [6.45, 7) is 3.89. The van der Waals surface area contributed by atoms with Gasteiger partial charge < -0.3 is 14.4 Å². The van der Waals surface area contributed by atoms with E-state index in [-0.39, 0.29) is 17.0 Å². The van der Waals surface area contributed by atoms with E-state index in [0.717, 1.165) is 0 Å². The summed E-state index contributed by atoms with van der Waals surface area (Å²) in [6.07, 6.45) is 1.76. The third-order valence-electron chi connectivity index (χ3n) is 6.31. The van der Waals surface area contributed by atoms with Gasteiger partial charge in [0.25, 0.3) is 0 Å². The molecule has 1 aliphatic heterocycles. The number of nitrogens with one attached hydrogen (secondary N) is 1. The molecule has 1 aliphatic rings. The number of hydrogen-bond acceptors (Lipinski definition) is 8. The van der Waals surface area contributed by atoms with Gasteiger partial charge >= 0.3 is 0 Å². The lowest BCUT2D eigenvalue weighted by molar-refractivity contribution is 0.122. The number of fused-ring (bicyclic) bond motifs is 1. The summed E-state index contributed by atoms with van der Waals surface area (Å²) in [5.41, 5.74) is 1.52. The Morgan fingerprint density at radius 1 is 1.08 bits per heavy atom. The molecule has 204 valence electrons. The van der Waals surface area contributed by atoms with Crippen LogP contribution in [0.2, 0.25) is 0 Å². The Morgan fingerprint density at radius 3 is 2.56 bits per heavy atom. The fourth-order valence-corrected chi connectivity index (χ4v) is 5.60. The van der Waals surface area contributed by atoms with E-state index in [4.69, 9.17) is 19.4 Å². The number of morpholine rings is 1. The highest BCUT2D eigenvalue weighted by atomic mass is 32.2. The summed E-state index contributed by atoms with van der Waals surface area (Å²) in [7, 11) is -2.20. The van der Waals surface area contributed by atoms with Crippen molar-refractivity contribution < 1.29 is 26.7 Å². The van der Waals surface area contributed by atoms with Gasteiger partial charge in [-0.3, -0.25) is 4.72 Å². The molecule has 0 saturated carbocycles. The predicted octanol–water partition coefficient (Wildman–Crippen LogP) is 4.63. The van der Waals surface area contributed by atoms with Crippen LogP contribution < -0.4 is 14.4 Å². The molecule has 2 aromatic heterocycles. The van der Waals surface area contributed by atoms with Crippen LogP contribution in [0.25, 0.3) is 33.4 Å². The molecular weight excluding hydrogens is 528 g/mol. The Hall–Kier alpha value is -3.90. The normalized spacial score (nSPS) is 14.0. The zero-order chi connectivity index (χ0) is 27.6. The third-order valence-corrected chi connectivity index (χ3v) is 7.79. The Balaban J connectivity index is 1.69. The van der Waals surface area contributed by atoms with Gasteiger partial charge in [0.2, 0.25) is 16.0 Å². The van der Waals surface area contributed by atoms with Gasteiger partial charge in [0.15, 0.2) is 11.6 Å². The first-order chi connectivity index (χ1) is 18.8. The molecule has 12 heteroatoms. The lowest BCUT2D eigenvalue weighted by atomic mass is 10.0. The second-order valence-electron chi connectivity index (χ2n) is 9.00. The van der Waals surface area contributed by atoms with Gasteiger partial charge in [-0.15, -0.1) is 0 Å². The molecule has 5 rings (SSSR count). The molecule has 9 nitrogen and oxygen atoms in total. The number of ether oxygens (including phenoxy) is 2.